The molecule has 0 atom stereocenters. The van der Waals surface area contributed by atoms with E-state index in [0.29, 0.717) is 25.0 Å². The summed E-state index contributed by atoms with van der Waals surface area (Å²) >= 11 is 12.0. The molecule has 0 radical (unpaired) electrons. The lowest BCUT2D eigenvalue weighted by Crippen LogP contribution is -2.36. The smallest absolute Gasteiger partial charge is 0.123 e. The molecule has 0 spiro atoms. The highest BCUT2D eigenvalue weighted by Gasteiger charge is 2.31. The molecule has 0 bridgehead atoms. The highest BCUT2D eigenvalue weighted by molar-refractivity contribution is 6.22. The normalized spacial score (nSPS) is 11.8. The first-order valence-corrected chi connectivity index (χ1v) is 6.21. The van der Waals surface area contributed by atoms with Gasteiger partial charge in [-0.25, -0.2) is 4.39 Å². The van der Waals surface area contributed by atoms with Crippen molar-refractivity contribution in [3.63, 3.8) is 0 Å². The van der Waals surface area contributed by atoms with Crippen molar-refractivity contribution in [3.05, 3.63) is 35.6 Å². The predicted octanol–water partition coefficient (Wildman–Crippen LogP) is 3.58. The number of ether oxygens (including phenoxy) is 1. The van der Waals surface area contributed by atoms with Crippen molar-refractivity contribution in [1.82, 2.24) is 0 Å². The van der Waals surface area contributed by atoms with Gasteiger partial charge in [0.05, 0.1) is 6.61 Å². The van der Waals surface area contributed by atoms with E-state index in [2.05, 4.69) is 0 Å². The van der Waals surface area contributed by atoms with Crippen LogP contribution in [-0.4, -0.2) is 25.0 Å². The van der Waals surface area contributed by atoms with E-state index < -0.39 is 5.41 Å². The zero-order valence-electron chi connectivity index (χ0n) is 9.18. The maximum atomic E-state index is 12.8. The van der Waals surface area contributed by atoms with Crippen molar-refractivity contribution in [3.8, 4) is 0 Å². The Hall–Kier alpha value is -0.310. The molecular weight excluding hydrogens is 250 g/mol. The molecule has 1 nitrogen and oxygen atoms in total. The molecule has 1 aromatic carbocycles. The Balaban J connectivity index is 2.95. The summed E-state index contributed by atoms with van der Waals surface area (Å²) in [6, 6.07) is 6.24. The first-order valence-electron chi connectivity index (χ1n) is 5.14. The third kappa shape index (κ3) is 3.09. The molecule has 0 aliphatic rings. The lowest BCUT2D eigenvalue weighted by atomic mass is 9.85. The molecule has 0 aliphatic carbocycles. The monoisotopic (exact) mass is 264 g/mol. The molecule has 0 unspecified atom stereocenters. The molecular formula is C12H15Cl2FO. The van der Waals surface area contributed by atoms with Gasteiger partial charge < -0.3 is 4.74 Å². The first kappa shape index (κ1) is 13.8. The van der Waals surface area contributed by atoms with Crippen LogP contribution in [0.15, 0.2) is 24.3 Å². The van der Waals surface area contributed by atoms with E-state index in [1.165, 1.54) is 12.1 Å². The van der Waals surface area contributed by atoms with Crippen molar-refractivity contribution >= 4 is 23.2 Å². The fourth-order valence-electron chi connectivity index (χ4n) is 1.45. The Labute approximate surface area is 106 Å². The van der Waals surface area contributed by atoms with Crippen LogP contribution in [0.25, 0.3) is 0 Å². The average molecular weight is 265 g/mol. The van der Waals surface area contributed by atoms with Crippen molar-refractivity contribution in [1.29, 1.82) is 0 Å². The molecule has 0 fully saturated rings. The van der Waals surface area contributed by atoms with Gasteiger partial charge in [-0.1, -0.05) is 12.1 Å². The largest absolute Gasteiger partial charge is 0.381 e. The minimum Gasteiger partial charge on any atom is -0.381 e. The van der Waals surface area contributed by atoms with E-state index in [1.54, 1.807) is 12.1 Å². The highest BCUT2D eigenvalue weighted by Crippen LogP contribution is 2.28. The van der Waals surface area contributed by atoms with Gasteiger partial charge in [0.2, 0.25) is 0 Å². The Morgan fingerprint density at radius 3 is 2.19 bits per heavy atom. The zero-order chi connectivity index (χ0) is 12.0. The second kappa shape index (κ2) is 6.43. The Morgan fingerprint density at radius 2 is 1.75 bits per heavy atom. The van der Waals surface area contributed by atoms with Gasteiger partial charge in [0, 0.05) is 23.8 Å². The Bertz CT molecular complexity index is 309. The third-order valence-corrected chi connectivity index (χ3v) is 3.57. The van der Waals surface area contributed by atoms with Gasteiger partial charge in [-0.05, 0) is 24.6 Å². The van der Waals surface area contributed by atoms with Gasteiger partial charge in [0.25, 0.3) is 0 Å². The van der Waals surface area contributed by atoms with Crippen molar-refractivity contribution in [2.45, 2.75) is 12.3 Å². The number of halogens is 3. The third-order valence-electron chi connectivity index (χ3n) is 2.55. The van der Waals surface area contributed by atoms with Crippen LogP contribution >= 0.6 is 23.2 Å². The van der Waals surface area contributed by atoms with Crippen LogP contribution in [0.1, 0.15) is 12.5 Å². The molecule has 0 aromatic heterocycles. The van der Waals surface area contributed by atoms with Gasteiger partial charge in [0.1, 0.15) is 5.82 Å². The number of benzene rings is 1. The molecule has 1 rings (SSSR count). The number of hydrogen-bond acceptors (Lipinski definition) is 1. The van der Waals surface area contributed by atoms with E-state index in [9.17, 15) is 4.39 Å². The molecule has 90 valence electrons. The van der Waals surface area contributed by atoms with Gasteiger partial charge in [-0.2, -0.15) is 0 Å². The minimum atomic E-state index is -0.438. The van der Waals surface area contributed by atoms with Crippen LogP contribution in [0.3, 0.4) is 0 Å². The SMILES string of the molecule is CCOCC(CCl)(CCl)c1ccc(F)cc1. The molecule has 0 aliphatic heterocycles. The van der Waals surface area contributed by atoms with Crippen LogP contribution in [0.2, 0.25) is 0 Å². The summed E-state index contributed by atoms with van der Waals surface area (Å²) < 4.78 is 18.2. The molecule has 0 saturated heterocycles. The van der Waals surface area contributed by atoms with E-state index in [0.717, 1.165) is 5.56 Å². The van der Waals surface area contributed by atoms with Gasteiger partial charge in [0.15, 0.2) is 0 Å². The van der Waals surface area contributed by atoms with E-state index in [1.807, 2.05) is 6.92 Å². The van der Waals surface area contributed by atoms with E-state index >= 15 is 0 Å². The van der Waals surface area contributed by atoms with Crippen LogP contribution in [0.4, 0.5) is 4.39 Å². The molecule has 0 saturated carbocycles. The molecule has 0 N–H and O–H groups in total. The van der Waals surface area contributed by atoms with E-state index in [-0.39, 0.29) is 5.82 Å². The summed E-state index contributed by atoms with van der Waals surface area (Å²) in [5, 5.41) is 0. The quantitative estimate of drug-likeness (QED) is 0.714. The molecule has 4 heteroatoms. The Kier molecular flexibility index (Phi) is 5.53. The summed E-state index contributed by atoms with van der Waals surface area (Å²) in [4.78, 5) is 0. The number of rotatable bonds is 6. The Morgan fingerprint density at radius 1 is 1.19 bits per heavy atom. The lowest BCUT2D eigenvalue weighted by molar-refractivity contribution is 0.108. The van der Waals surface area contributed by atoms with Crippen molar-refractivity contribution in [2.75, 3.05) is 25.0 Å². The molecule has 1 aromatic rings. The average Bonchev–Trinajstić information content (AvgIpc) is 2.33. The van der Waals surface area contributed by atoms with E-state index in [4.69, 9.17) is 27.9 Å². The molecule has 0 amide bonds. The van der Waals surface area contributed by atoms with Gasteiger partial charge in [-0.15, -0.1) is 23.2 Å². The molecule has 16 heavy (non-hydrogen) atoms. The van der Waals surface area contributed by atoms with Crippen LogP contribution in [-0.2, 0) is 10.2 Å². The van der Waals surface area contributed by atoms with Gasteiger partial charge in [-0.3, -0.25) is 0 Å². The zero-order valence-corrected chi connectivity index (χ0v) is 10.7. The maximum absolute atomic E-state index is 12.8. The summed E-state index contributed by atoms with van der Waals surface area (Å²) in [7, 11) is 0. The van der Waals surface area contributed by atoms with Crippen molar-refractivity contribution < 1.29 is 9.13 Å². The first-order chi connectivity index (χ1) is 7.68. The highest BCUT2D eigenvalue weighted by atomic mass is 35.5. The number of alkyl halides is 2. The number of hydrogen-bond donors (Lipinski definition) is 0. The van der Waals surface area contributed by atoms with Crippen LogP contribution in [0.5, 0.6) is 0 Å². The summed E-state index contributed by atoms with van der Waals surface area (Å²) in [5.41, 5.74) is 0.472. The fourth-order valence-corrected chi connectivity index (χ4v) is 2.20. The summed E-state index contributed by atoms with van der Waals surface area (Å²) in [6.07, 6.45) is 0. The fraction of sp³-hybridized carbons (Fsp3) is 0.500. The second-order valence-corrected chi connectivity index (χ2v) is 4.23. The van der Waals surface area contributed by atoms with Crippen LogP contribution in [0, 0.1) is 5.82 Å². The summed E-state index contributed by atoms with van der Waals surface area (Å²) in [5.74, 6) is 0.433. The lowest BCUT2D eigenvalue weighted by Gasteiger charge is -2.29. The maximum Gasteiger partial charge on any atom is 0.123 e. The predicted molar refractivity (Wildman–Crippen MR) is 66.0 cm³/mol. The minimum absolute atomic E-state index is 0.266. The summed E-state index contributed by atoms with van der Waals surface area (Å²) in [6.45, 7) is 2.97. The topological polar surface area (TPSA) is 9.23 Å². The molecule has 0 heterocycles. The van der Waals surface area contributed by atoms with Crippen LogP contribution < -0.4 is 0 Å². The standard InChI is InChI=1S/C12H15Cl2FO/c1-2-16-9-12(7-13,8-14)10-3-5-11(15)6-4-10/h3-6H,2,7-9H2,1H3. The second-order valence-electron chi connectivity index (χ2n) is 3.69. The van der Waals surface area contributed by atoms with Gasteiger partial charge >= 0.3 is 0 Å². The van der Waals surface area contributed by atoms with Crippen molar-refractivity contribution in [2.24, 2.45) is 0 Å².